The second kappa shape index (κ2) is 7.90. The standard InChI is InChI=1S/C16H21BrN2OS/c17-12-8-9-13(15(18)21)14(10-12)19-16(20)11-6-4-2-1-3-5-7-11/h8-11H,1-7H2,(H2,18,21)(H,19,20). The molecule has 1 aromatic rings. The van der Waals surface area contributed by atoms with Gasteiger partial charge in [0.25, 0.3) is 0 Å². The predicted octanol–water partition coefficient (Wildman–Crippen LogP) is 4.38. The highest BCUT2D eigenvalue weighted by Gasteiger charge is 2.20. The lowest BCUT2D eigenvalue weighted by Crippen LogP contribution is -2.25. The van der Waals surface area contributed by atoms with Gasteiger partial charge in [0.1, 0.15) is 4.99 Å². The molecule has 0 aromatic heterocycles. The molecule has 0 heterocycles. The van der Waals surface area contributed by atoms with Crippen LogP contribution >= 0.6 is 28.1 Å². The number of benzene rings is 1. The van der Waals surface area contributed by atoms with Crippen LogP contribution in [0.15, 0.2) is 22.7 Å². The molecule has 0 aliphatic heterocycles. The highest BCUT2D eigenvalue weighted by molar-refractivity contribution is 9.10. The summed E-state index contributed by atoms with van der Waals surface area (Å²) in [6.45, 7) is 0. The zero-order chi connectivity index (χ0) is 15.2. The second-order valence-electron chi connectivity index (χ2n) is 5.59. The molecule has 114 valence electrons. The number of nitrogens with one attached hydrogen (secondary N) is 1. The number of hydrogen-bond acceptors (Lipinski definition) is 2. The van der Waals surface area contributed by atoms with Crippen LogP contribution in [-0.2, 0) is 4.79 Å². The first kappa shape index (κ1) is 16.4. The van der Waals surface area contributed by atoms with E-state index in [1.165, 1.54) is 19.3 Å². The minimum atomic E-state index is 0.0903. The third-order valence-corrected chi connectivity index (χ3v) is 4.69. The zero-order valence-electron chi connectivity index (χ0n) is 12.0. The molecule has 1 amide bonds. The van der Waals surface area contributed by atoms with Crippen molar-refractivity contribution in [3.8, 4) is 0 Å². The molecule has 0 unspecified atom stereocenters. The van der Waals surface area contributed by atoms with Crippen molar-refractivity contribution in [3.05, 3.63) is 28.2 Å². The molecule has 0 radical (unpaired) electrons. The van der Waals surface area contributed by atoms with Gasteiger partial charge in [-0.2, -0.15) is 0 Å². The fraction of sp³-hybridized carbons (Fsp3) is 0.500. The highest BCUT2D eigenvalue weighted by Crippen LogP contribution is 2.26. The number of amides is 1. The first-order chi connectivity index (χ1) is 10.1. The van der Waals surface area contributed by atoms with Crippen molar-refractivity contribution in [1.82, 2.24) is 0 Å². The number of nitrogens with two attached hydrogens (primary N) is 1. The molecule has 21 heavy (non-hydrogen) atoms. The molecule has 1 saturated carbocycles. The van der Waals surface area contributed by atoms with Crippen molar-refractivity contribution >= 4 is 44.7 Å². The average molecular weight is 369 g/mol. The van der Waals surface area contributed by atoms with E-state index >= 15 is 0 Å². The molecule has 0 saturated heterocycles. The van der Waals surface area contributed by atoms with Gasteiger partial charge >= 0.3 is 0 Å². The van der Waals surface area contributed by atoms with Crippen LogP contribution in [0.25, 0.3) is 0 Å². The van der Waals surface area contributed by atoms with Crippen LogP contribution in [0.2, 0.25) is 0 Å². The molecule has 1 fully saturated rings. The van der Waals surface area contributed by atoms with Gasteiger partial charge < -0.3 is 11.1 Å². The summed E-state index contributed by atoms with van der Waals surface area (Å²) in [5.41, 5.74) is 7.14. The summed E-state index contributed by atoms with van der Waals surface area (Å²) in [5.74, 6) is 0.191. The molecule has 2 rings (SSSR count). The normalized spacial score (nSPS) is 16.8. The van der Waals surface area contributed by atoms with Gasteiger partial charge in [0.05, 0.1) is 5.69 Å². The topological polar surface area (TPSA) is 55.1 Å². The lowest BCUT2D eigenvalue weighted by atomic mass is 9.90. The van der Waals surface area contributed by atoms with Crippen LogP contribution in [-0.4, -0.2) is 10.9 Å². The Morgan fingerprint density at radius 1 is 1.19 bits per heavy atom. The fourth-order valence-electron chi connectivity index (χ4n) is 2.79. The Hall–Kier alpha value is -0.940. The molecule has 1 aliphatic rings. The van der Waals surface area contributed by atoms with E-state index in [2.05, 4.69) is 21.2 Å². The van der Waals surface area contributed by atoms with Gasteiger partial charge in [0, 0.05) is 16.0 Å². The summed E-state index contributed by atoms with van der Waals surface area (Å²) in [5, 5.41) is 3.01. The maximum atomic E-state index is 12.5. The van der Waals surface area contributed by atoms with Crippen molar-refractivity contribution in [3.63, 3.8) is 0 Å². The van der Waals surface area contributed by atoms with Gasteiger partial charge in [-0.25, -0.2) is 0 Å². The molecule has 3 N–H and O–H groups in total. The maximum absolute atomic E-state index is 12.5. The van der Waals surface area contributed by atoms with E-state index in [1.807, 2.05) is 18.2 Å². The minimum absolute atomic E-state index is 0.0903. The van der Waals surface area contributed by atoms with E-state index in [1.54, 1.807) is 0 Å². The van der Waals surface area contributed by atoms with Crippen molar-refractivity contribution in [2.24, 2.45) is 11.7 Å². The summed E-state index contributed by atoms with van der Waals surface area (Å²) in [7, 11) is 0. The summed E-state index contributed by atoms with van der Waals surface area (Å²) in [4.78, 5) is 12.8. The Morgan fingerprint density at radius 3 is 2.43 bits per heavy atom. The van der Waals surface area contributed by atoms with Gasteiger partial charge in [0.15, 0.2) is 0 Å². The molecule has 0 atom stereocenters. The Kier molecular flexibility index (Phi) is 6.18. The highest BCUT2D eigenvalue weighted by atomic mass is 79.9. The van der Waals surface area contributed by atoms with Crippen molar-refractivity contribution in [1.29, 1.82) is 0 Å². The monoisotopic (exact) mass is 368 g/mol. The Labute approximate surface area is 139 Å². The number of hydrogen-bond donors (Lipinski definition) is 2. The lowest BCUT2D eigenvalue weighted by molar-refractivity contribution is -0.120. The molecule has 0 bridgehead atoms. The van der Waals surface area contributed by atoms with Crippen molar-refractivity contribution in [2.75, 3.05) is 5.32 Å². The Balaban J connectivity index is 2.10. The molecular weight excluding hydrogens is 348 g/mol. The fourth-order valence-corrected chi connectivity index (χ4v) is 3.33. The van der Waals surface area contributed by atoms with Crippen LogP contribution in [0.1, 0.15) is 50.5 Å². The average Bonchev–Trinajstić information content (AvgIpc) is 2.37. The number of anilines is 1. The number of carbonyl (C=O) groups excluding carboxylic acids is 1. The van der Waals surface area contributed by atoms with Gasteiger partial charge in [-0.15, -0.1) is 0 Å². The van der Waals surface area contributed by atoms with E-state index in [9.17, 15) is 4.79 Å². The zero-order valence-corrected chi connectivity index (χ0v) is 14.4. The molecular formula is C16H21BrN2OS. The quantitative estimate of drug-likeness (QED) is 0.778. The largest absolute Gasteiger partial charge is 0.389 e. The smallest absolute Gasteiger partial charge is 0.227 e. The maximum Gasteiger partial charge on any atom is 0.227 e. The van der Waals surface area contributed by atoms with E-state index in [-0.39, 0.29) is 11.8 Å². The number of carbonyl (C=O) groups is 1. The summed E-state index contributed by atoms with van der Waals surface area (Å²) < 4.78 is 0.899. The molecule has 5 heteroatoms. The molecule has 1 aliphatic carbocycles. The van der Waals surface area contributed by atoms with E-state index < -0.39 is 0 Å². The number of thiocarbonyl (C=S) groups is 1. The third kappa shape index (κ3) is 4.78. The van der Waals surface area contributed by atoms with Crippen LogP contribution in [0.5, 0.6) is 0 Å². The lowest BCUT2D eigenvalue weighted by Gasteiger charge is -2.20. The summed E-state index contributed by atoms with van der Waals surface area (Å²) in [6, 6.07) is 5.56. The predicted molar refractivity (Wildman–Crippen MR) is 94.5 cm³/mol. The van der Waals surface area contributed by atoms with E-state index in [0.717, 1.165) is 30.2 Å². The van der Waals surface area contributed by atoms with Gasteiger partial charge in [-0.1, -0.05) is 60.3 Å². The summed E-state index contributed by atoms with van der Waals surface area (Å²) in [6.07, 6.45) is 7.99. The SMILES string of the molecule is NC(=S)c1ccc(Br)cc1NC(=O)C1CCCCCCC1. The van der Waals surface area contributed by atoms with Gasteiger partial charge in [-0.3, -0.25) is 4.79 Å². The molecule has 3 nitrogen and oxygen atoms in total. The first-order valence-corrected chi connectivity index (χ1v) is 8.68. The van der Waals surface area contributed by atoms with Gasteiger partial charge in [-0.05, 0) is 31.0 Å². The first-order valence-electron chi connectivity index (χ1n) is 7.48. The van der Waals surface area contributed by atoms with Crippen LogP contribution < -0.4 is 11.1 Å². The number of halogens is 1. The summed E-state index contributed by atoms with van der Waals surface area (Å²) >= 11 is 8.47. The number of rotatable bonds is 3. The van der Waals surface area contributed by atoms with Crippen LogP contribution in [0.4, 0.5) is 5.69 Å². The molecule has 0 spiro atoms. The Bertz CT molecular complexity index is 525. The Morgan fingerprint density at radius 2 is 1.81 bits per heavy atom. The molecule has 1 aromatic carbocycles. The minimum Gasteiger partial charge on any atom is -0.389 e. The second-order valence-corrected chi connectivity index (χ2v) is 6.94. The van der Waals surface area contributed by atoms with Crippen LogP contribution in [0, 0.1) is 5.92 Å². The van der Waals surface area contributed by atoms with Gasteiger partial charge in [0.2, 0.25) is 5.91 Å². The van der Waals surface area contributed by atoms with Crippen molar-refractivity contribution in [2.45, 2.75) is 44.9 Å². The van der Waals surface area contributed by atoms with E-state index in [0.29, 0.717) is 16.2 Å². The third-order valence-electron chi connectivity index (χ3n) is 3.98. The van der Waals surface area contributed by atoms with Crippen LogP contribution in [0.3, 0.4) is 0 Å². The van der Waals surface area contributed by atoms with Crippen molar-refractivity contribution < 1.29 is 4.79 Å². The van der Waals surface area contributed by atoms with E-state index in [4.69, 9.17) is 18.0 Å².